The van der Waals surface area contributed by atoms with Crippen LogP contribution in [0.4, 0.5) is 5.82 Å². The number of hydrogen-bond donors (Lipinski definition) is 1. The molecule has 9 nitrogen and oxygen atoms in total. The number of aryl methyl sites for hydroxylation is 1. The summed E-state index contributed by atoms with van der Waals surface area (Å²) in [5, 5.41) is 15.7. The van der Waals surface area contributed by atoms with Gasteiger partial charge in [0.05, 0.1) is 11.0 Å². The fourth-order valence-corrected chi connectivity index (χ4v) is 3.38. The molecule has 0 aliphatic carbocycles. The van der Waals surface area contributed by atoms with Crippen LogP contribution in [0.1, 0.15) is 16.2 Å². The van der Waals surface area contributed by atoms with Crippen molar-refractivity contribution in [3.8, 4) is 0 Å². The second-order valence-electron chi connectivity index (χ2n) is 6.95. The monoisotopic (exact) mass is 374 g/mol. The molecule has 0 radical (unpaired) electrons. The molecule has 0 spiro atoms. The Bertz CT molecular complexity index is 1180. The molecule has 1 N–H and O–H groups in total. The van der Waals surface area contributed by atoms with Crippen LogP contribution in [0.15, 0.2) is 42.7 Å². The second-order valence-corrected chi connectivity index (χ2v) is 6.95. The summed E-state index contributed by atoms with van der Waals surface area (Å²) in [6, 6.07) is 9.23. The van der Waals surface area contributed by atoms with Gasteiger partial charge in [-0.05, 0) is 37.3 Å². The maximum Gasteiger partial charge on any atom is 0.251 e. The molecule has 4 heterocycles. The minimum atomic E-state index is -0.0920. The Labute approximate surface area is 160 Å². The van der Waals surface area contributed by atoms with Crippen molar-refractivity contribution >= 4 is 28.4 Å². The van der Waals surface area contributed by atoms with Crippen molar-refractivity contribution in [1.82, 2.24) is 35.1 Å². The first-order valence-corrected chi connectivity index (χ1v) is 9.10. The van der Waals surface area contributed by atoms with Gasteiger partial charge >= 0.3 is 0 Å². The first-order valence-electron chi connectivity index (χ1n) is 9.10. The van der Waals surface area contributed by atoms with Crippen molar-refractivity contribution in [2.75, 3.05) is 24.5 Å². The van der Waals surface area contributed by atoms with Crippen LogP contribution in [0, 0.1) is 12.8 Å². The Morgan fingerprint density at radius 1 is 1.11 bits per heavy atom. The van der Waals surface area contributed by atoms with Crippen LogP contribution in [0.3, 0.4) is 0 Å². The molecule has 28 heavy (non-hydrogen) atoms. The average molecular weight is 374 g/mol. The van der Waals surface area contributed by atoms with Gasteiger partial charge in [0.2, 0.25) is 0 Å². The minimum absolute atomic E-state index is 0.0920. The Morgan fingerprint density at radius 3 is 2.79 bits per heavy atom. The molecule has 4 aromatic rings. The van der Waals surface area contributed by atoms with E-state index in [9.17, 15) is 4.79 Å². The van der Waals surface area contributed by atoms with Crippen molar-refractivity contribution < 1.29 is 4.79 Å². The number of amides is 1. The Kier molecular flexibility index (Phi) is 3.85. The van der Waals surface area contributed by atoms with Gasteiger partial charge < -0.3 is 10.2 Å². The molecule has 9 heteroatoms. The van der Waals surface area contributed by atoms with Crippen molar-refractivity contribution in [2.45, 2.75) is 6.92 Å². The maximum atomic E-state index is 12.4. The first-order chi connectivity index (χ1) is 13.7. The van der Waals surface area contributed by atoms with E-state index in [0.29, 0.717) is 18.0 Å². The number of aromatic nitrogens is 6. The zero-order chi connectivity index (χ0) is 19.1. The fraction of sp³-hybridized carbons (Fsp3) is 0.263. The van der Waals surface area contributed by atoms with E-state index in [4.69, 9.17) is 0 Å². The highest BCUT2D eigenvalue weighted by atomic mass is 16.1. The zero-order valence-electron chi connectivity index (χ0n) is 15.3. The number of rotatable bonds is 4. The molecule has 1 aromatic carbocycles. The predicted octanol–water partition coefficient (Wildman–Crippen LogP) is 1.24. The Morgan fingerprint density at radius 2 is 1.93 bits per heavy atom. The highest BCUT2D eigenvalue weighted by molar-refractivity contribution is 5.97. The summed E-state index contributed by atoms with van der Waals surface area (Å²) in [6.07, 6.45) is 3.27. The van der Waals surface area contributed by atoms with Gasteiger partial charge in [-0.15, -0.1) is 15.3 Å². The number of nitrogens with one attached hydrogen (secondary N) is 1. The number of hydrogen-bond acceptors (Lipinski definition) is 7. The smallest absolute Gasteiger partial charge is 0.251 e. The van der Waals surface area contributed by atoms with Crippen LogP contribution in [0.2, 0.25) is 0 Å². The maximum absolute atomic E-state index is 12.4. The third-order valence-electron chi connectivity index (χ3n) is 4.97. The number of anilines is 1. The molecule has 1 aliphatic heterocycles. The lowest BCUT2D eigenvalue weighted by molar-refractivity contribution is 0.0944. The van der Waals surface area contributed by atoms with Crippen LogP contribution in [0.25, 0.3) is 16.7 Å². The topological polar surface area (TPSA) is 101 Å². The number of carbonyl (C=O) groups excluding carboxylic acids is 1. The predicted molar refractivity (Wildman–Crippen MR) is 103 cm³/mol. The van der Waals surface area contributed by atoms with E-state index >= 15 is 0 Å². The van der Waals surface area contributed by atoms with Gasteiger partial charge in [0.25, 0.3) is 5.91 Å². The standard InChI is InChI=1S/C19H18N8O/c1-12-23-24-17-4-5-18(25-27(12)17)26-10-13(11-26)9-22-19(28)14-2-3-15-16(8-14)21-7-6-20-15/h2-8,13H,9-11H2,1H3,(H,22,28). The summed E-state index contributed by atoms with van der Waals surface area (Å²) in [6.45, 7) is 4.21. The molecule has 1 fully saturated rings. The molecule has 0 unspecified atom stereocenters. The zero-order valence-corrected chi connectivity index (χ0v) is 15.3. The summed E-state index contributed by atoms with van der Waals surface area (Å²) in [4.78, 5) is 23.1. The highest BCUT2D eigenvalue weighted by Crippen LogP contribution is 2.22. The summed E-state index contributed by atoms with van der Waals surface area (Å²) >= 11 is 0. The molecular weight excluding hydrogens is 356 g/mol. The van der Waals surface area contributed by atoms with Gasteiger partial charge in [-0.3, -0.25) is 14.8 Å². The van der Waals surface area contributed by atoms with Crippen LogP contribution in [0.5, 0.6) is 0 Å². The lowest BCUT2D eigenvalue weighted by Gasteiger charge is -2.40. The van der Waals surface area contributed by atoms with Gasteiger partial charge in [0.15, 0.2) is 11.5 Å². The van der Waals surface area contributed by atoms with Gasteiger partial charge in [-0.2, -0.15) is 4.52 Å². The van der Waals surface area contributed by atoms with Crippen molar-refractivity contribution in [3.63, 3.8) is 0 Å². The first kappa shape index (κ1) is 16.5. The number of carbonyl (C=O) groups is 1. The Balaban J connectivity index is 1.19. The van der Waals surface area contributed by atoms with Crippen LogP contribution in [-0.2, 0) is 0 Å². The molecule has 140 valence electrons. The third-order valence-corrected chi connectivity index (χ3v) is 4.97. The van der Waals surface area contributed by atoms with E-state index in [-0.39, 0.29) is 5.91 Å². The normalized spacial score (nSPS) is 14.4. The second kappa shape index (κ2) is 6.52. The van der Waals surface area contributed by atoms with Gasteiger partial charge in [0.1, 0.15) is 5.82 Å². The van der Waals surface area contributed by atoms with Crippen molar-refractivity contribution in [1.29, 1.82) is 0 Å². The van der Waals surface area contributed by atoms with Crippen LogP contribution in [-0.4, -0.2) is 55.3 Å². The summed E-state index contributed by atoms with van der Waals surface area (Å²) in [5.41, 5.74) is 2.84. The minimum Gasteiger partial charge on any atom is -0.354 e. The van der Waals surface area contributed by atoms with E-state index in [1.54, 1.807) is 29.0 Å². The van der Waals surface area contributed by atoms with E-state index in [0.717, 1.165) is 41.4 Å². The molecule has 0 atom stereocenters. The fourth-order valence-electron chi connectivity index (χ4n) is 3.38. The SMILES string of the molecule is Cc1nnc2ccc(N3CC(CNC(=O)c4ccc5nccnc5c4)C3)nn12. The molecule has 0 saturated carbocycles. The molecule has 1 amide bonds. The van der Waals surface area contributed by atoms with Crippen LogP contribution < -0.4 is 10.2 Å². The molecule has 0 bridgehead atoms. The summed E-state index contributed by atoms with van der Waals surface area (Å²) < 4.78 is 1.74. The third kappa shape index (κ3) is 2.90. The lowest BCUT2D eigenvalue weighted by Crippen LogP contribution is -2.52. The number of benzene rings is 1. The van der Waals surface area contributed by atoms with E-state index < -0.39 is 0 Å². The quantitative estimate of drug-likeness (QED) is 0.573. The molecule has 5 rings (SSSR count). The molecule has 3 aromatic heterocycles. The molecule has 1 aliphatic rings. The van der Waals surface area contributed by atoms with Gasteiger partial charge in [-0.25, -0.2) is 0 Å². The summed E-state index contributed by atoms with van der Waals surface area (Å²) in [7, 11) is 0. The van der Waals surface area contributed by atoms with Gasteiger partial charge in [-0.1, -0.05) is 0 Å². The highest BCUT2D eigenvalue weighted by Gasteiger charge is 2.28. The van der Waals surface area contributed by atoms with Crippen molar-refractivity contribution in [3.05, 3.63) is 54.1 Å². The Hall–Kier alpha value is -3.62. The molecule has 1 saturated heterocycles. The van der Waals surface area contributed by atoms with E-state index in [1.165, 1.54) is 0 Å². The summed E-state index contributed by atoms with van der Waals surface area (Å²) in [5.74, 6) is 1.96. The van der Waals surface area contributed by atoms with E-state index in [1.807, 2.05) is 25.1 Å². The van der Waals surface area contributed by atoms with Gasteiger partial charge in [0, 0.05) is 43.5 Å². The number of nitrogens with zero attached hydrogens (tertiary/aromatic N) is 7. The number of fused-ring (bicyclic) bond motifs is 2. The van der Waals surface area contributed by atoms with E-state index in [2.05, 4.69) is 35.5 Å². The lowest BCUT2D eigenvalue weighted by atomic mass is 10.00. The largest absolute Gasteiger partial charge is 0.354 e. The van der Waals surface area contributed by atoms with Crippen LogP contribution >= 0.6 is 0 Å². The average Bonchev–Trinajstić information content (AvgIpc) is 3.06. The van der Waals surface area contributed by atoms with Crippen molar-refractivity contribution in [2.24, 2.45) is 5.92 Å². The molecular formula is C19H18N8O.